The standard InChI is InChI=1S/C16H25ClN2/c1-2-10-19-11-7-16(8-12-19)18-9-6-14-4-3-5-15(17)13-14/h3-5,13,16,18H,2,6-12H2,1H3/p+2. The summed E-state index contributed by atoms with van der Waals surface area (Å²) in [5.41, 5.74) is 1.36. The van der Waals surface area contributed by atoms with Crippen LogP contribution in [-0.2, 0) is 6.42 Å². The Labute approximate surface area is 122 Å². The normalized spacial score (nSPS) is 23.5. The predicted molar refractivity (Wildman–Crippen MR) is 80.8 cm³/mol. The SMILES string of the molecule is CCC[NH+]1CCC([NH2+]CCc2cccc(Cl)c2)CC1. The minimum absolute atomic E-state index is 0.847. The lowest BCUT2D eigenvalue weighted by Crippen LogP contribution is -3.14. The molecule has 2 rings (SSSR count). The van der Waals surface area contributed by atoms with E-state index in [0.29, 0.717) is 0 Å². The molecule has 0 aromatic heterocycles. The molecule has 1 aromatic rings. The monoisotopic (exact) mass is 282 g/mol. The van der Waals surface area contributed by atoms with Gasteiger partial charge in [-0.05, 0) is 24.1 Å². The number of hydrogen-bond donors (Lipinski definition) is 2. The Kier molecular flexibility index (Phi) is 6.15. The molecule has 0 saturated carbocycles. The molecule has 19 heavy (non-hydrogen) atoms. The van der Waals surface area contributed by atoms with Crippen LogP contribution in [0, 0.1) is 0 Å². The number of nitrogens with one attached hydrogen (secondary N) is 1. The number of piperidine rings is 1. The highest BCUT2D eigenvalue weighted by Gasteiger charge is 2.23. The molecule has 3 heteroatoms. The van der Waals surface area contributed by atoms with Crippen molar-refractivity contribution in [1.82, 2.24) is 0 Å². The molecule has 106 valence electrons. The van der Waals surface area contributed by atoms with Gasteiger partial charge in [-0.2, -0.15) is 0 Å². The Bertz CT molecular complexity index is 373. The second-order valence-corrected chi connectivity index (χ2v) is 6.18. The average Bonchev–Trinajstić information content (AvgIpc) is 2.41. The Balaban J connectivity index is 1.64. The van der Waals surface area contributed by atoms with Crippen LogP contribution in [0.25, 0.3) is 0 Å². The van der Waals surface area contributed by atoms with E-state index in [1.54, 1.807) is 0 Å². The largest absolute Gasteiger partial charge is 0.343 e. The van der Waals surface area contributed by atoms with Crippen molar-refractivity contribution in [2.24, 2.45) is 0 Å². The highest BCUT2D eigenvalue weighted by molar-refractivity contribution is 6.30. The Morgan fingerprint density at radius 2 is 2.11 bits per heavy atom. The van der Waals surface area contributed by atoms with E-state index >= 15 is 0 Å². The van der Waals surface area contributed by atoms with Crippen molar-refractivity contribution in [3.05, 3.63) is 34.9 Å². The third kappa shape index (κ3) is 5.13. The summed E-state index contributed by atoms with van der Waals surface area (Å²) in [4.78, 5) is 1.81. The van der Waals surface area contributed by atoms with E-state index in [9.17, 15) is 0 Å². The molecule has 0 bridgehead atoms. The van der Waals surface area contributed by atoms with Gasteiger partial charge in [0.25, 0.3) is 0 Å². The van der Waals surface area contributed by atoms with Gasteiger partial charge in [0, 0.05) is 24.3 Å². The van der Waals surface area contributed by atoms with Gasteiger partial charge in [-0.25, -0.2) is 0 Å². The van der Waals surface area contributed by atoms with Crippen LogP contribution in [0.1, 0.15) is 31.7 Å². The van der Waals surface area contributed by atoms with E-state index in [1.807, 2.05) is 17.0 Å². The first-order valence-electron chi connectivity index (χ1n) is 7.69. The number of likely N-dealkylation sites (tertiary alicyclic amines) is 1. The van der Waals surface area contributed by atoms with Gasteiger partial charge in [-0.1, -0.05) is 30.7 Å². The van der Waals surface area contributed by atoms with Crippen LogP contribution >= 0.6 is 11.6 Å². The third-order valence-electron chi connectivity index (χ3n) is 4.16. The molecule has 0 unspecified atom stereocenters. The van der Waals surface area contributed by atoms with Crippen LogP contribution in [0.15, 0.2) is 24.3 Å². The number of rotatable bonds is 6. The zero-order chi connectivity index (χ0) is 13.5. The summed E-state index contributed by atoms with van der Waals surface area (Å²) in [7, 11) is 0. The van der Waals surface area contributed by atoms with Crippen molar-refractivity contribution in [2.75, 3.05) is 26.2 Å². The van der Waals surface area contributed by atoms with Gasteiger partial charge in [-0.15, -0.1) is 0 Å². The maximum atomic E-state index is 6.01. The van der Waals surface area contributed by atoms with Gasteiger partial charge >= 0.3 is 0 Å². The lowest BCUT2D eigenvalue weighted by molar-refractivity contribution is -0.913. The van der Waals surface area contributed by atoms with Crippen LogP contribution in [0.5, 0.6) is 0 Å². The smallest absolute Gasteiger partial charge is 0.0967 e. The summed E-state index contributed by atoms with van der Waals surface area (Å²) in [5.74, 6) is 0. The second kappa shape index (κ2) is 7.88. The molecule has 1 heterocycles. The Morgan fingerprint density at radius 3 is 2.79 bits per heavy atom. The molecule has 0 radical (unpaired) electrons. The molecule has 1 aliphatic rings. The lowest BCUT2D eigenvalue weighted by Gasteiger charge is -2.27. The minimum atomic E-state index is 0.847. The topological polar surface area (TPSA) is 21.1 Å². The molecular weight excluding hydrogens is 256 g/mol. The van der Waals surface area contributed by atoms with Gasteiger partial charge in [-0.3, -0.25) is 0 Å². The molecular formula is C16H27ClN2+2. The van der Waals surface area contributed by atoms with Gasteiger partial charge < -0.3 is 10.2 Å². The number of hydrogen-bond acceptors (Lipinski definition) is 0. The van der Waals surface area contributed by atoms with Crippen molar-refractivity contribution in [2.45, 2.75) is 38.6 Å². The Hall–Kier alpha value is -0.570. The Morgan fingerprint density at radius 1 is 1.32 bits per heavy atom. The quantitative estimate of drug-likeness (QED) is 0.774. The lowest BCUT2D eigenvalue weighted by atomic mass is 10.0. The van der Waals surface area contributed by atoms with Crippen molar-refractivity contribution in [1.29, 1.82) is 0 Å². The number of benzene rings is 1. The first kappa shape index (κ1) is 14.8. The first-order valence-corrected chi connectivity index (χ1v) is 8.07. The van der Waals surface area contributed by atoms with Gasteiger partial charge in [0.15, 0.2) is 0 Å². The number of nitrogens with two attached hydrogens (primary N) is 1. The van der Waals surface area contributed by atoms with Gasteiger partial charge in [0.1, 0.15) is 0 Å². The fourth-order valence-electron chi connectivity index (χ4n) is 3.07. The molecule has 0 aliphatic carbocycles. The molecule has 1 fully saturated rings. The molecule has 0 amide bonds. The summed E-state index contributed by atoms with van der Waals surface area (Å²) >= 11 is 6.01. The summed E-state index contributed by atoms with van der Waals surface area (Å²) < 4.78 is 0. The maximum absolute atomic E-state index is 6.01. The first-order chi connectivity index (χ1) is 9.28. The molecule has 0 atom stereocenters. The van der Waals surface area contributed by atoms with Crippen LogP contribution in [-0.4, -0.2) is 32.2 Å². The van der Waals surface area contributed by atoms with Crippen LogP contribution < -0.4 is 10.2 Å². The van der Waals surface area contributed by atoms with Crippen LogP contribution in [0.4, 0.5) is 0 Å². The van der Waals surface area contributed by atoms with E-state index in [-0.39, 0.29) is 0 Å². The fourth-order valence-corrected chi connectivity index (χ4v) is 3.28. The predicted octanol–water partition coefficient (Wildman–Crippen LogP) is 0.903. The molecule has 1 aliphatic heterocycles. The molecule has 2 nitrogen and oxygen atoms in total. The minimum Gasteiger partial charge on any atom is -0.343 e. The van der Waals surface area contributed by atoms with E-state index in [4.69, 9.17) is 11.6 Å². The summed E-state index contributed by atoms with van der Waals surface area (Å²) in [6, 6.07) is 9.10. The third-order valence-corrected chi connectivity index (χ3v) is 4.40. The van der Waals surface area contributed by atoms with Crippen molar-refractivity contribution < 1.29 is 10.2 Å². The van der Waals surface area contributed by atoms with E-state index in [1.165, 1.54) is 51.0 Å². The summed E-state index contributed by atoms with van der Waals surface area (Å²) in [5, 5.41) is 3.40. The van der Waals surface area contributed by atoms with Crippen molar-refractivity contribution >= 4 is 11.6 Å². The van der Waals surface area contributed by atoms with E-state index in [0.717, 1.165) is 17.5 Å². The van der Waals surface area contributed by atoms with E-state index < -0.39 is 0 Å². The fraction of sp³-hybridized carbons (Fsp3) is 0.625. The van der Waals surface area contributed by atoms with Gasteiger partial charge in [0.2, 0.25) is 0 Å². The average molecular weight is 283 g/mol. The van der Waals surface area contributed by atoms with Crippen molar-refractivity contribution in [3.8, 4) is 0 Å². The van der Waals surface area contributed by atoms with Crippen molar-refractivity contribution in [3.63, 3.8) is 0 Å². The number of quaternary nitrogens is 2. The zero-order valence-corrected chi connectivity index (χ0v) is 12.8. The zero-order valence-electron chi connectivity index (χ0n) is 12.0. The highest BCUT2D eigenvalue weighted by atomic mass is 35.5. The summed E-state index contributed by atoms with van der Waals surface area (Å²) in [6.45, 7) is 7.57. The second-order valence-electron chi connectivity index (χ2n) is 5.74. The maximum Gasteiger partial charge on any atom is 0.0967 e. The summed E-state index contributed by atoms with van der Waals surface area (Å²) in [6.07, 6.45) is 5.21. The van der Waals surface area contributed by atoms with Crippen LogP contribution in [0.3, 0.4) is 0 Å². The molecule has 1 aromatic carbocycles. The van der Waals surface area contributed by atoms with Crippen LogP contribution in [0.2, 0.25) is 5.02 Å². The highest BCUT2D eigenvalue weighted by Crippen LogP contribution is 2.10. The molecule has 3 N–H and O–H groups in total. The molecule has 1 saturated heterocycles. The molecule has 0 spiro atoms. The van der Waals surface area contributed by atoms with Gasteiger partial charge in [0.05, 0.1) is 32.2 Å². The van der Waals surface area contributed by atoms with E-state index in [2.05, 4.69) is 24.4 Å². The number of halogens is 1.